The lowest BCUT2D eigenvalue weighted by molar-refractivity contribution is 0.0527. The zero-order valence-corrected chi connectivity index (χ0v) is 18.2. The number of sulfonamides is 1. The van der Waals surface area contributed by atoms with E-state index in [2.05, 4.69) is 5.32 Å². The first-order valence-electron chi connectivity index (χ1n) is 8.76. The van der Waals surface area contributed by atoms with E-state index < -0.39 is 21.9 Å². The van der Waals surface area contributed by atoms with Gasteiger partial charge in [-0.1, -0.05) is 13.0 Å². The lowest BCUT2D eigenvalue weighted by Crippen LogP contribution is -2.23. The van der Waals surface area contributed by atoms with Crippen LogP contribution in [0.15, 0.2) is 29.2 Å². The van der Waals surface area contributed by atoms with E-state index >= 15 is 0 Å². The van der Waals surface area contributed by atoms with E-state index in [-0.39, 0.29) is 17.1 Å². The Bertz CT molecular complexity index is 994. The Labute approximate surface area is 169 Å². The van der Waals surface area contributed by atoms with Crippen molar-refractivity contribution in [2.75, 3.05) is 26.0 Å². The summed E-state index contributed by atoms with van der Waals surface area (Å²) in [5, 5.41) is 3.14. The molecule has 9 heteroatoms. The van der Waals surface area contributed by atoms with Crippen LogP contribution in [-0.4, -0.2) is 45.3 Å². The van der Waals surface area contributed by atoms with Crippen LogP contribution in [0.2, 0.25) is 0 Å². The third kappa shape index (κ3) is 4.43. The van der Waals surface area contributed by atoms with E-state index in [0.717, 1.165) is 14.7 Å². The molecule has 2 rings (SSSR count). The van der Waals surface area contributed by atoms with E-state index in [4.69, 9.17) is 4.74 Å². The molecule has 152 valence electrons. The van der Waals surface area contributed by atoms with Gasteiger partial charge in [0.1, 0.15) is 5.00 Å². The molecule has 0 aliphatic carbocycles. The smallest absolute Gasteiger partial charge is 0.341 e. The number of esters is 1. The zero-order valence-electron chi connectivity index (χ0n) is 16.5. The van der Waals surface area contributed by atoms with Gasteiger partial charge in [-0.3, -0.25) is 4.79 Å². The topological polar surface area (TPSA) is 92.8 Å². The minimum absolute atomic E-state index is 0.0207. The number of rotatable bonds is 7. The van der Waals surface area contributed by atoms with Crippen LogP contribution < -0.4 is 5.32 Å². The highest BCUT2D eigenvalue weighted by atomic mass is 32.2. The average Bonchev–Trinajstić information content (AvgIpc) is 2.96. The van der Waals surface area contributed by atoms with Crippen LogP contribution in [0.1, 0.15) is 45.0 Å². The summed E-state index contributed by atoms with van der Waals surface area (Å²) >= 11 is 1.30. The fourth-order valence-electron chi connectivity index (χ4n) is 2.70. The fraction of sp³-hybridized carbons (Fsp3) is 0.368. The minimum atomic E-state index is -3.66. The maximum Gasteiger partial charge on any atom is 0.341 e. The second-order valence-corrected chi connectivity index (χ2v) is 9.56. The van der Waals surface area contributed by atoms with E-state index in [1.54, 1.807) is 6.92 Å². The van der Waals surface area contributed by atoms with Gasteiger partial charge in [-0.05, 0) is 44.0 Å². The molecule has 0 aliphatic heterocycles. The maximum atomic E-state index is 12.7. The molecule has 1 aromatic heterocycles. The zero-order chi connectivity index (χ0) is 21.1. The number of aryl methyl sites for hydroxylation is 1. The van der Waals surface area contributed by atoms with Gasteiger partial charge in [-0.25, -0.2) is 17.5 Å². The van der Waals surface area contributed by atoms with Gasteiger partial charge in [-0.2, -0.15) is 0 Å². The lowest BCUT2D eigenvalue weighted by atomic mass is 10.1. The quantitative estimate of drug-likeness (QED) is 0.689. The normalized spacial score (nSPS) is 11.5. The number of benzene rings is 1. The molecular formula is C19H24N2O5S2. The highest BCUT2D eigenvalue weighted by Gasteiger charge is 2.24. The molecule has 1 amide bonds. The number of carbonyl (C=O) groups is 2. The molecule has 0 radical (unpaired) electrons. The lowest BCUT2D eigenvalue weighted by Gasteiger charge is -2.12. The molecule has 1 N–H and O–H groups in total. The third-order valence-corrected chi connectivity index (χ3v) is 7.02. The molecule has 0 atom stereocenters. The summed E-state index contributed by atoms with van der Waals surface area (Å²) in [5.41, 5.74) is 1.38. The molecule has 0 saturated heterocycles. The molecule has 28 heavy (non-hydrogen) atoms. The summed E-state index contributed by atoms with van der Waals surface area (Å²) in [4.78, 5) is 26.1. The van der Waals surface area contributed by atoms with Gasteiger partial charge >= 0.3 is 5.97 Å². The Morgan fingerprint density at radius 2 is 1.89 bits per heavy atom. The van der Waals surface area contributed by atoms with Crippen LogP contribution in [0, 0.1) is 6.92 Å². The minimum Gasteiger partial charge on any atom is -0.462 e. The molecule has 2 aromatic rings. The molecule has 0 aliphatic rings. The SMILES string of the molecule is CCOC(=O)c1c(NC(=O)c2cccc(S(=O)(=O)N(C)C)c2)sc(C)c1CC. The van der Waals surface area contributed by atoms with Crippen molar-refractivity contribution in [3.05, 3.63) is 45.8 Å². The number of hydrogen-bond acceptors (Lipinski definition) is 6. The van der Waals surface area contributed by atoms with Crippen LogP contribution in [0.4, 0.5) is 5.00 Å². The van der Waals surface area contributed by atoms with Gasteiger partial charge in [0, 0.05) is 24.5 Å². The summed E-state index contributed by atoms with van der Waals surface area (Å²) in [5.74, 6) is -0.979. The van der Waals surface area contributed by atoms with Gasteiger partial charge in [0.2, 0.25) is 10.0 Å². The molecule has 1 heterocycles. The predicted octanol–water partition coefficient (Wildman–Crippen LogP) is 3.30. The van der Waals surface area contributed by atoms with Crippen LogP contribution >= 0.6 is 11.3 Å². The first-order valence-corrected chi connectivity index (χ1v) is 11.0. The van der Waals surface area contributed by atoms with Crippen molar-refractivity contribution in [1.82, 2.24) is 4.31 Å². The van der Waals surface area contributed by atoms with Gasteiger partial charge < -0.3 is 10.1 Å². The highest BCUT2D eigenvalue weighted by molar-refractivity contribution is 7.89. The number of thiophene rings is 1. The summed E-state index contributed by atoms with van der Waals surface area (Å²) in [6.45, 7) is 5.76. The highest BCUT2D eigenvalue weighted by Crippen LogP contribution is 2.34. The molecule has 0 saturated carbocycles. The second kappa shape index (κ2) is 8.85. The van der Waals surface area contributed by atoms with Gasteiger partial charge in [0.25, 0.3) is 5.91 Å². The summed E-state index contributed by atoms with van der Waals surface area (Å²) in [6.07, 6.45) is 0.628. The number of nitrogens with one attached hydrogen (secondary N) is 1. The molecule has 0 unspecified atom stereocenters. The first kappa shape index (κ1) is 22.1. The number of anilines is 1. The Hall–Kier alpha value is -2.23. The van der Waals surface area contributed by atoms with Gasteiger partial charge in [0.15, 0.2) is 0 Å². The second-order valence-electron chi connectivity index (χ2n) is 6.18. The largest absolute Gasteiger partial charge is 0.462 e. The third-order valence-electron chi connectivity index (χ3n) is 4.14. The Balaban J connectivity index is 2.40. The summed E-state index contributed by atoms with van der Waals surface area (Å²) < 4.78 is 30.8. The van der Waals surface area contributed by atoms with Crippen molar-refractivity contribution in [3.8, 4) is 0 Å². The van der Waals surface area contributed by atoms with E-state index in [0.29, 0.717) is 17.0 Å². The van der Waals surface area contributed by atoms with Crippen molar-refractivity contribution in [2.24, 2.45) is 0 Å². The van der Waals surface area contributed by atoms with Crippen LogP contribution in [0.5, 0.6) is 0 Å². The standard InChI is InChI=1S/C19H24N2O5S2/c1-6-15-12(3)27-18(16(15)19(23)26-7-2)20-17(22)13-9-8-10-14(11-13)28(24,25)21(4)5/h8-11H,6-7H2,1-5H3,(H,20,22). The Kier molecular flexibility index (Phi) is 6.97. The molecule has 0 spiro atoms. The number of ether oxygens (including phenoxy) is 1. The predicted molar refractivity (Wildman–Crippen MR) is 110 cm³/mol. The van der Waals surface area contributed by atoms with Crippen molar-refractivity contribution in [1.29, 1.82) is 0 Å². The van der Waals surface area contributed by atoms with Crippen molar-refractivity contribution in [3.63, 3.8) is 0 Å². The van der Waals surface area contributed by atoms with Gasteiger partial charge in [-0.15, -0.1) is 11.3 Å². The Morgan fingerprint density at radius 3 is 2.46 bits per heavy atom. The number of amides is 1. The van der Waals surface area contributed by atoms with Gasteiger partial charge in [0.05, 0.1) is 17.1 Å². The number of carbonyl (C=O) groups excluding carboxylic acids is 2. The number of nitrogens with zero attached hydrogens (tertiary/aromatic N) is 1. The first-order chi connectivity index (χ1) is 13.1. The number of hydrogen-bond donors (Lipinski definition) is 1. The Morgan fingerprint density at radius 1 is 1.21 bits per heavy atom. The monoisotopic (exact) mass is 424 g/mol. The van der Waals surface area contributed by atoms with Crippen molar-refractivity contribution in [2.45, 2.75) is 32.1 Å². The van der Waals surface area contributed by atoms with E-state index in [1.807, 2.05) is 13.8 Å². The summed E-state index contributed by atoms with van der Waals surface area (Å²) in [7, 11) is -0.809. The summed E-state index contributed by atoms with van der Waals surface area (Å²) in [6, 6.07) is 5.78. The molecule has 0 bridgehead atoms. The van der Waals surface area contributed by atoms with E-state index in [1.165, 1.54) is 49.7 Å². The van der Waals surface area contributed by atoms with Crippen LogP contribution in [-0.2, 0) is 21.2 Å². The molecule has 7 nitrogen and oxygen atoms in total. The molecule has 0 fully saturated rings. The molecular weight excluding hydrogens is 400 g/mol. The van der Waals surface area contributed by atoms with Crippen molar-refractivity contribution >= 4 is 38.2 Å². The maximum absolute atomic E-state index is 12.7. The van der Waals surface area contributed by atoms with Crippen LogP contribution in [0.25, 0.3) is 0 Å². The fourth-order valence-corrected chi connectivity index (χ4v) is 4.77. The van der Waals surface area contributed by atoms with Crippen molar-refractivity contribution < 1.29 is 22.7 Å². The molecule has 1 aromatic carbocycles. The average molecular weight is 425 g/mol. The van der Waals surface area contributed by atoms with E-state index in [9.17, 15) is 18.0 Å². The van der Waals surface area contributed by atoms with Crippen LogP contribution in [0.3, 0.4) is 0 Å².